The van der Waals surface area contributed by atoms with Crippen LogP contribution in [0, 0.1) is 0 Å². The first-order chi connectivity index (χ1) is 10.2. The largest absolute Gasteiger partial charge is 0.750 e. The number of fused-ring (bicyclic) bond motifs is 2. The standard InChI is InChI=1S/C13H18O8S/c1-7(2)12(15)18-6-9(14)19-11-10(21-22(16)17)8-4-5-13(11,3)20-8/h8,10-11H,1,4-6H2,2-3H3,(H,16,17)/p-1. The topological polar surface area (TPSA) is 111 Å². The minimum absolute atomic E-state index is 0.158. The highest BCUT2D eigenvalue weighted by Crippen LogP contribution is 2.46. The fourth-order valence-corrected chi connectivity index (χ4v) is 3.10. The average molecular weight is 333 g/mol. The molecule has 0 radical (unpaired) electrons. The van der Waals surface area contributed by atoms with Gasteiger partial charge in [-0.3, -0.25) is 4.18 Å². The van der Waals surface area contributed by atoms with E-state index in [1.807, 2.05) is 0 Å². The quantitative estimate of drug-likeness (QED) is 0.383. The number of rotatable bonds is 6. The lowest BCUT2D eigenvalue weighted by molar-refractivity contribution is -0.169. The van der Waals surface area contributed by atoms with Crippen molar-refractivity contribution < 1.29 is 36.7 Å². The third-order valence-corrected chi connectivity index (χ3v) is 4.11. The molecule has 0 aromatic carbocycles. The maximum atomic E-state index is 11.8. The Bertz CT molecular complexity index is 518. The van der Waals surface area contributed by atoms with Crippen molar-refractivity contribution in [3.05, 3.63) is 12.2 Å². The van der Waals surface area contributed by atoms with Crippen LogP contribution < -0.4 is 0 Å². The SMILES string of the molecule is C=C(C)C(=O)OCC(=O)OC1C(OS(=O)[O-])C2CCC1(C)O2. The summed E-state index contributed by atoms with van der Waals surface area (Å²) < 4.78 is 41.9. The van der Waals surface area contributed by atoms with Gasteiger partial charge >= 0.3 is 11.9 Å². The summed E-state index contributed by atoms with van der Waals surface area (Å²) >= 11 is -2.75. The van der Waals surface area contributed by atoms with Crippen LogP contribution in [-0.4, -0.2) is 51.2 Å². The molecule has 0 aromatic heterocycles. The van der Waals surface area contributed by atoms with Gasteiger partial charge in [-0.15, -0.1) is 0 Å². The van der Waals surface area contributed by atoms with Gasteiger partial charge in [0, 0.05) is 5.57 Å². The van der Waals surface area contributed by atoms with Crippen LogP contribution >= 0.6 is 0 Å². The Morgan fingerprint density at radius 3 is 2.77 bits per heavy atom. The average Bonchev–Trinajstić information content (AvgIpc) is 2.92. The number of carbonyl (C=O) groups excluding carboxylic acids is 2. The zero-order valence-electron chi connectivity index (χ0n) is 12.2. The smallest absolute Gasteiger partial charge is 0.344 e. The van der Waals surface area contributed by atoms with Crippen LogP contribution in [0.4, 0.5) is 0 Å². The number of hydrogen-bond acceptors (Lipinski definition) is 8. The maximum absolute atomic E-state index is 11.8. The van der Waals surface area contributed by atoms with Gasteiger partial charge in [0.25, 0.3) is 0 Å². The van der Waals surface area contributed by atoms with Gasteiger partial charge in [0.1, 0.15) is 11.7 Å². The molecule has 124 valence electrons. The molecule has 9 heteroatoms. The first-order valence-corrected chi connectivity index (χ1v) is 7.69. The Hall–Kier alpha value is -1.29. The van der Waals surface area contributed by atoms with Gasteiger partial charge in [0.15, 0.2) is 12.7 Å². The number of esters is 2. The Balaban J connectivity index is 1.97. The van der Waals surface area contributed by atoms with Crippen molar-refractivity contribution in [2.24, 2.45) is 0 Å². The summed E-state index contributed by atoms with van der Waals surface area (Å²) in [6, 6.07) is 0. The molecule has 5 atom stereocenters. The molecular weight excluding hydrogens is 316 g/mol. The first kappa shape index (κ1) is 17.1. The number of carbonyl (C=O) groups is 2. The zero-order chi connectivity index (χ0) is 16.5. The molecule has 0 spiro atoms. The molecule has 0 saturated carbocycles. The van der Waals surface area contributed by atoms with Crippen LogP contribution in [0.1, 0.15) is 26.7 Å². The van der Waals surface area contributed by atoms with E-state index in [0.717, 1.165) is 0 Å². The minimum Gasteiger partial charge on any atom is -0.750 e. The third-order valence-electron chi connectivity index (χ3n) is 3.73. The van der Waals surface area contributed by atoms with E-state index in [-0.39, 0.29) is 5.57 Å². The molecule has 8 nitrogen and oxygen atoms in total. The van der Waals surface area contributed by atoms with Crippen LogP contribution in [0.2, 0.25) is 0 Å². The highest BCUT2D eigenvalue weighted by Gasteiger charge is 2.60. The van der Waals surface area contributed by atoms with E-state index in [4.69, 9.17) is 13.7 Å². The monoisotopic (exact) mass is 333 g/mol. The molecule has 2 bridgehead atoms. The van der Waals surface area contributed by atoms with Gasteiger partial charge in [-0.25, -0.2) is 13.8 Å². The second-order valence-electron chi connectivity index (χ2n) is 5.54. The van der Waals surface area contributed by atoms with Gasteiger partial charge in [0.05, 0.1) is 17.5 Å². The summed E-state index contributed by atoms with van der Waals surface area (Å²) in [6.45, 7) is 5.98. The molecule has 2 rings (SSSR count). The Labute approximate surface area is 130 Å². The molecule has 2 heterocycles. The highest BCUT2D eigenvalue weighted by molar-refractivity contribution is 7.74. The fraction of sp³-hybridized carbons (Fsp3) is 0.692. The molecule has 5 unspecified atom stereocenters. The third kappa shape index (κ3) is 3.54. The second-order valence-corrected chi connectivity index (χ2v) is 6.14. The summed E-state index contributed by atoms with van der Waals surface area (Å²) in [7, 11) is 0. The van der Waals surface area contributed by atoms with Crippen molar-refractivity contribution in [1.29, 1.82) is 0 Å². The fourth-order valence-electron chi connectivity index (χ4n) is 2.69. The van der Waals surface area contributed by atoms with E-state index in [9.17, 15) is 18.4 Å². The van der Waals surface area contributed by atoms with Crippen LogP contribution in [-0.2, 0) is 39.3 Å². The van der Waals surface area contributed by atoms with Gasteiger partial charge in [0.2, 0.25) is 0 Å². The van der Waals surface area contributed by atoms with Crippen LogP contribution in [0.25, 0.3) is 0 Å². The van der Waals surface area contributed by atoms with Crippen LogP contribution in [0.15, 0.2) is 12.2 Å². The summed E-state index contributed by atoms with van der Waals surface area (Å²) in [5.74, 6) is -1.51. The summed E-state index contributed by atoms with van der Waals surface area (Å²) in [4.78, 5) is 23.0. The normalized spacial score (nSPS) is 34.2. The van der Waals surface area contributed by atoms with Gasteiger partial charge in [-0.1, -0.05) is 6.58 Å². The maximum Gasteiger partial charge on any atom is 0.344 e. The van der Waals surface area contributed by atoms with E-state index in [1.165, 1.54) is 6.92 Å². The predicted molar refractivity (Wildman–Crippen MR) is 72.0 cm³/mol. The summed E-state index contributed by atoms with van der Waals surface area (Å²) in [6.07, 6.45) is -0.972. The van der Waals surface area contributed by atoms with E-state index in [0.29, 0.717) is 12.8 Å². The Morgan fingerprint density at radius 2 is 2.18 bits per heavy atom. The van der Waals surface area contributed by atoms with E-state index in [1.54, 1.807) is 6.92 Å². The highest BCUT2D eigenvalue weighted by atomic mass is 32.2. The van der Waals surface area contributed by atoms with Crippen LogP contribution in [0.3, 0.4) is 0 Å². The van der Waals surface area contributed by atoms with Gasteiger partial charge in [-0.2, -0.15) is 0 Å². The minimum atomic E-state index is -2.75. The lowest BCUT2D eigenvalue weighted by Gasteiger charge is -2.32. The Kier molecular flexibility index (Phi) is 5.00. The number of ether oxygens (including phenoxy) is 3. The van der Waals surface area contributed by atoms with Crippen molar-refractivity contribution in [1.82, 2.24) is 0 Å². The molecule has 2 saturated heterocycles. The predicted octanol–water partition coefficient (Wildman–Crippen LogP) is 0.148. The second kappa shape index (κ2) is 6.45. The molecular formula is C13H17O8S-. The van der Waals surface area contributed by atoms with E-state index in [2.05, 4.69) is 11.3 Å². The van der Waals surface area contributed by atoms with Crippen molar-refractivity contribution in [2.45, 2.75) is 50.6 Å². The molecule has 22 heavy (non-hydrogen) atoms. The van der Waals surface area contributed by atoms with Gasteiger partial charge < -0.3 is 18.8 Å². The first-order valence-electron chi connectivity index (χ1n) is 6.69. The molecule has 0 aliphatic carbocycles. The summed E-state index contributed by atoms with van der Waals surface area (Å²) in [5, 5.41) is 0. The molecule has 2 aliphatic rings. The zero-order valence-corrected chi connectivity index (χ0v) is 13.1. The van der Waals surface area contributed by atoms with Crippen molar-refractivity contribution in [3.8, 4) is 0 Å². The number of hydrogen-bond donors (Lipinski definition) is 0. The molecule has 2 aliphatic heterocycles. The molecule has 0 amide bonds. The van der Waals surface area contributed by atoms with Gasteiger partial charge in [-0.05, 0) is 26.7 Å². The van der Waals surface area contributed by atoms with Crippen molar-refractivity contribution in [3.63, 3.8) is 0 Å². The lowest BCUT2D eigenvalue weighted by atomic mass is 9.85. The van der Waals surface area contributed by atoms with E-state index < -0.39 is 53.8 Å². The van der Waals surface area contributed by atoms with Crippen molar-refractivity contribution >= 4 is 23.3 Å². The molecule has 2 fully saturated rings. The Morgan fingerprint density at radius 1 is 1.50 bits per heavy atom. The van der Waals surface area contributed by atoms with Crippen molar-refractivity contribution in [2.75, 3.05) is 6.61 Å². The lowest BCUT2D eigenvalue weighted by Crippen LogP contribution is -2.48. The van der Waals surface area contributed by atoms with Crippen LogP contribution in [0.5, 0.6) is 0 Å². The van der Waals surface area contributed by atoms with E-state index >= 15 is 0 Å². The molecule has 0 N–H and O–H groups in total. The summed E-state index contributed by atoms with van der Waals surface area (Å²) in [5.41, 5.74) is -0.645. The molecule has 0 aromatic rings.